The monoisotopic (exact) mass is 326 g/mol. The van der Waals surface area contributed by atoms with Crippen LogP contribution in [-0.4, -0.2) is 26.6 Å². The molecular formula is C11H7ClN4O4S. The van der Waals surface area contributed by atoms with E-state index in [1.165, 1.54) is 12.3 Å². The van der Waals surface area contributed by atoms with Crippen molar-refractivity contribution in [1.29, 1.82) is 0 Å². The Morgan fingerprint density at radius 3 is 2.76 bits per heavy atom. The zero-order chi connectivity index (χ0) is 15.6. The van der Waals surface area contributed by atoms with Gasteiger partial charge in [0, 0.05) is 12.3 Å². The molecule has 2 aromatic rings. The summed E-state index contributed by atoms with van der Waals surface area (Å²) in [5, 5.41) is 14.8. The van der Waals surface area contributed by atoms with Crippen LogP contribution in [0, 0.1) is 10.1 Å². The minimum atomic E-state index is -0.754. The Morgan fingerprint density at radius 2 is 2.19 bits per heavy atom. The number of anilines is 1. The molecule has 21 heavy (non-hydrogen) atoms. The van der Waals surface area contributed by atoms with Crippen molar-refractivity contribution in [2.45, 2.75) is 6.92 Å². The molecule has 10 heteroatoms. The first-order valence-electron chi connectivity index (χ1n) is 5.46. The van der Waals surface area contributed by atoms with Gasteiger partial charge in [0.05, 0.1) is 4.92 Å². The number of Topliss-reactive ketones (excluding diaryl/α,β-unsaturated/α-hetero) is 1. The lowest BCUT2D eigenvalue weighted by atomic mass is 10.2. The highest BCUT2D eigenvalue weighted by atomic mass is 35.5. The summed E-state index contributed by atoms with van der Waals surface area (Å²) in [5.41, 5.74) is -0.502. The highest BCUT2D eigenvalue weighted by Gasteiger charge is 2.22. The summed E-state index contributed by atoms with van der Waals surface area (Å²) < 4.78 is 0. The minimum Gasteiger partial charge on any atom is -0.298 e. The molecule has 1 N–H and O–H groups in total. The molecule has 0 atom stereocenters. The summed E-state index contributed by atoms with van der Waals surface area (Å²) in [4.78, 5) is 40.8. The van der Waals surface area contributed by atoms with Crippen LogP contribution >= 0.6 is 22.9 Å². The number of nitro groups is 1. The molecular weight excluding hydrogens is 320 g/mol. The third-order valence-electron chi connectivity index (χ3n) is 2.38. The lowest BCUT2D eigenvalue weighted by Gasteiger charge is -2.03. The number of ketones is 1. The van der Waals surface area contributed by atoms with Gasteiger partial charge in [0.2, 0.25) is 0 Å². The summed E-state index contributed by atoms with van der Waals surface area (Å²) in [6, 6.07) is 1.09. The molecule has 108 valence electrons. The molecule has 0 radical (unpaired) electrons. The van der Waals surface area contributed by atoms with Crippen LogP contribution < -0.4 is 5.32 Å². The Hall–Kier alpha value is -2.39. The molecule has 0 aliphatic rings. The molecule has 0 saturated heterocycles. The van der Waals surface area contributed by atoms with Crippen LogP contribution in [0.25, 0.3) is 0 Å². The highest BCUT2D eigenvalue weighted by molar-refractivity contribution is 7.14. The van der Waals surface area contributed by atoms with Crippen LogP contribution in [0.5, 0.6) is 0 Å². The summed E-state index contributed by atoms with van der Waals surface area (Å²) in [7, 11) is 0. The molecule has 0 bridgehead atoms. The fourth-order valence-corrected chi connectivity index (χ4v) is 2.31. The Kier molecular flexibility index (Phi) is 4.24. The largest absolute Gasteiger partial charge is 0.300 e. The van der Waals surface area contributed by atoms with E-state index < -0.39 is 16.5 Å². The van der Waals surface area contributed by atoms with Crippen molar-refractivity contribution < 1.29 is 14.5 Å². The summed E-state index contributed by atoms with van der Waals surface area (Å²) in [5.74, 6) is -1.000. The van der Waals surface area contributed by atoms with Gasteiger partial charge in [-0.1, -0.05) is 11.6 Å². The second-order valence-electron chi connectivity index (χ2n) is 3.83. The third kappa shape index (κ3) is 3.38. The lowest BCUT2D eigenvalue weighted by Crippen LogP contribution is -2.14. The van der Waals surface area contributed by atoms with E-state index in [9.17, 15) is 19.7 Å². The van der Waals surface area contributed by atoms with E-state index in [1.807, 2.05) is 0 Å². The number of rotatable bonds is 4. The number of amides is 1. The number of thiazole rings is 1. The second kappa shape index (κ2) is 5.94. The average Bonchev–Trinajstić information content (AvgIpc) is 2.86. The number of hydrogen-bond donors (Lipinski definition) is 1. The number of pyridine rings is 1. The number of carbonyl (C=O) groups is 2. The van der Waals surface area contributed by atoms with E-state index in [0.717, 1.165) is 23.6 Å². The maximum Gasteiger partial charge on any atom is 0.300 e. The van der Waals surface area contributed by atoms with Crippen molar-refractivity contribution in [2.75, 3.05) is 5.32 Å². The van der Waals surface area contributed by atoms with Crippen molar-refractivity contribution in [2.24, 2.45) is 0 Å². The predicted molar refractivity (Wildman–Crippen MR) is 76.0 cm³/mol. The molecule has 0 aliphatic carbocycles. The standard InChI is InChI=1S/C11H7ClN4O4S/c1-5(17)7-4-21-11(14-7)15-10(18)6-2-9(12)13-3-8(6)16(19)20/h2-4H,1H3,(H,14,15,18). The van der Waals surface area contributed by atoms with Crippen molar-refractivity contribution in [3.05, 3.63) is 44.2 Å². The SMILES string of the molecule is CC(=O)c1csc(NC(=O)c2cc(Cl)ncc2[N+](=O)[O-])n1. The number of nitrogens with one attached hydrogen (secondary N) is 1. The average molecular weight is 327 g/mol. The Labute approximate surface area is 126 Å². The molecule has 1 amide bonds. The van der Waals surface area contributed by atoms with Crippen LogP contribution in [-0.2, 0) is 0 Å². The number of carbonyl (C=O) groups excluding carboxylic acids is 2. The van der Waals surface area contributed by atoms with Crippen LogP contribution in [0.1, 0.15) is 27.8 Å². The van der Waals surface area contributed by atoms with Crippen LogP contribution in [0.4, 0.5) is 10.8 Å². The van der Waals surface area contributed by atoms with E-state index >= 15 is 0 Å². The van der Waals surface area contributed by atoms with Gasteiger partial charge in [0.1, 0.15) is 22.6 Å². The van der Waals surface area contributed by atoms with Gasteiger partial charge in [0.15, 0.2) is 10.9 Å². The Bertz CT molecular complexity index is 746. The fraction of sp³-hybridized carbons (Fsp3) is 0.0909. The summed E-state index contributed by atoms with van der Waals surface area (Å²) >= 11 is 6.68. The maximum atomic E-state index is 12.1. The Balaban J connectivity index is 2.29. The Morgan fingerprint density at radius 1 is 1.48 bits per heavy atom. The number of nitrogens with zero attached hydrogens (tertiary/aromatic N) is 3. The van der Waals surface area contributed by atoms with Gasteiger partial charge in [-0.15, -0.1) is 11.3 Å². The predicted octanol–water partition coefficient (Wildman–Crippen LogP) is 2.55. The van der Waals surface area contributed by atoms with E-state index in [-0.39, 0.29) is 27.3 Å². The smallest absolute Gasteiger partial charge is 0.298 e. The topological polar surface area (TPSA) is 115 Å². The molecule has 2 aromatic heterocycles. The van der Waals surface area contributed by atoms with Crippen molar-refractivity contribution >= 4 is 45.4 Å². The molecule has 0 saturated carbocycles. The van der Waals surface area contributed by atoms with Crippen molar-refractivity contribution in [3.63, 3.8) is 0 Å². The van der Waals surface area contributed by atoms with E-state index in [4.69, 9.17) is 11.6 Å². The van der Waals surface area contributed by atoms with E-state index in [0.29, 0.717) is 0 Å². The highest BCUT2D eigenvalue weighted by Crippen LogP contribution is 2.23. The van der Waals surface area contributed by atoms with Gasteiger partial charge in [-0.3, -0.25) is 25.0 Å². The van der Waals surface area contributed by atoms with Crippen LogP contribution in [0.15, 0.2) is 17.6 Å². The van der Waals surface area contributed by atoms with E-state index in [1.54, 1.807) is 0 Å². The van der Waals surface area contributed by atoms with Gasteiger partial charge in [0.25, 0.3) is 11.6 Å². The van der Waals surface area contributed by atoms with Crippen molar-refractivity contribution in [1.82, 2.24) is 9.97 Å². The number of hydrogen-bond acceptors (Lipinski definition) is 7. The first-order valence-corrected chi connectivity index (χ1v) is 6.72. The van der Waals surface area contributed by atoms with Gasteiger partial charge in [-0.05, 0) is 6.07 Å². The van der Waals surface area contributed by atoms with Gasteiger partial charge < -0.3 is 0 Å². The first kappa shape index (κ1) is 15.0. The summed E-state index contributed by atoms with van der Waals surface area (Å²) in [6.45, 7) is 1.34. The maximum absolute atomic E-state index is 12.1. The van der Waals surface area contributed by atoms with Gasteiger partial charge in [-0.2, -0.15) is 0 Å². The molecule has 0 unspecified atom stereocenters. The minimum absolute atomic E-state index is 0.0469. The lowest BCUT2D eigenvalue weighted by molar-refractivity contribution is -0.385. The van der Waals surface area contributed by atoms with Crippen LogP contribution in [0.3, 0.4) is 0 Å². The zero-order valence-electron chi connectivity index (χ0n) is 10.5. The molecule has 8 nitrogen and oxygen atoms in total. The first-order chi connectivity index (χ1) is 9.88. The van der Waals surface area contributed by atoms with Crippen LogP contribution in [0.2, 0.25) is 5.15 Å². The molecule has 0 spiro atoms. The molecule has 0 aliphatic heterocycles. The number of halogens is 1. The number of aromatic nitrogens is 2. The zero-order valence-corrected chi connectivity index (χ0v) is 12.1. The third-order valence-corrected chi connectivity index (χ3v) is 3.34. The van der Waals surface area contributed by atoms with Gasteiger partial charge in [-0.25, -0.2) is 9.97 Å². The molecule has 0 aromatic carbocycles. The quantitative estimate of drug-likeness (QED) is 0.399. The fourth-order valence-electron chi connectivity index (χ4n) is 1.41. The molecule has 0 fully saturated rings. The van der Waals surface area contributed by atoms with Crippen molar-refractivity contribution in [3.8, 4) is 0 Å². The second-order valence-corrected chi connectivity index (χ2v) is 5.07. The molecule has 2 heterocycles. The summed E-state index contributed by atoms with van der Waals surface area (Å²) in [6.07, 6.45) is 0.903. The van der Waals surface area contributed by atoms with Gasteiger partial charge >= 0.3 is 0 Å². The molecule has 2 rings (SSSR count). The normalized spacial score (nSPS) is 10.2. The van der Waals surface area contributed by atoms with E-state index in [2.05, 4.69) is 15.3 Å².